The molecule has 1 N–H and O–H groups in total. The summed E-state index contributed by atoms with van der Waals surface area (Å²) in [6, 6.07) is 0.716. The van der Waals surface area contributed by atoms with E-state index in [1.54, 1.807) is 0 Å². The van der Waals surface area contributed by atoms with Crippen molar-refractivity contribution in [2.75, 3.05) is 32.8 Å². The summed E-state index contributed by atoms with van der Waals surface area (Å²) in [5.74, 6) is 0.754. The molecule has 3 heteroatoms. The van der Waals surface area contributed by atoms with Gasteiger partial charge in [-0.05, 0) is 45.7 Å². The first-order valence-corrected chi connectivity index (χ1v) is 7.24. The Kier molecular flexibility index (Phi) is 7.09. The molecule has 3 unspecified atom stereocenters. The van der Waals surface area contributed by atoms with Crippen LogP contribution in [-0.4, -0.2) is 49.8 Å². The van der Waals surface area contributed by atoms with Crippen molar-refractivity contribution < 1.29 is 4.74 Å². The number of hydrogen-bond acceptors (Lipinski definition) is 3. The van der Waals surface area contributed by atoms with Crippen LogP contribution in [0.25, 0.3) is 0 Å². The van der Waals surface area contributed by atoms with Crippen LogP contribution in [0.3, 0.4) is 0 Å². The average Bonchev–Trinajstić information content (AvgIpc) is 2.28. The molecule has 0 amide bonds. The van der Waals surface area contributed by atoms with Gasteiger partial charge in [0, 0.05) is 25.7 Å². The van der Waals surface area contributed by atoms with Gasteiger partial charge in [0.25, 0.3) is 0 Å². The Labute approximate surface area is 107 Å². The quantitative estimate of drug-likeness (QED) is 0.740. The van der Waals surface area contributed by atoms with E-state index in [1.165, 1.54) is 25.9 Å². The van der Waals surface area contributed by atoms with Crippen LogP contribution in [0.1, 0.15) is 40.5 Å². The summed E-state index contributed by atoms with van der Waals surface area (Å²) in [6.07, 6.45) is 2.88. The molecule has 3 nitrogen and oxygen atoms in total. The maximum Gasteiger partial charge on any atom is 0.0673 e. The smallest absolute Gasteiger partial charge is 0.0673 e. The Balaban J connectivity index is 2.26. The molecule has 1 rings (SSSR count). The fourth-order valence-electron chi connectivity index (χ4n) is 2.73. The molecule has 0 aliphatic carbocycles. The van der Waals surface area contributed by atoms with Crippen molar-refractivity contribution in [3.05, 3.63) is 0 Å². The SMILES string of the molecule is CCCNC1CCN(CC(C)OCC)CC1C. The summed E-state index contributed by atoms with van der Waals surface area (Å²) in [5.41, 5.74) is 0. The van der Waals surface area contributed by atoms with Crippen LogP contribution in [0.5, 0.6) is 0 Å². The molecule has 0 radical (unpaired) electrons. The second kappa shape index (κ2) is 8.06. The molecule has 0 aromatic rings. The normalized spacial score (nSPS) is 28.2. The lowest BCUT2D eigenvalue weighted by molar-refractivity contribution is 0.0300. The maximum absolute atomic E-state index is 5.61. The highest BCUT2D eigenvalue weighted by atomic mass is 16.5. The van der Waals surface area contributed by atoms with Gasteiger partial charge in [-0.3, -0.25) is 0 Å². The minimum Gasteiger partial charge on any atom is -0.377 e. The lowest BCUT2D eigenvalue weighted by atomic mass is 9.93. The number of ether oxygens (including phenoxy) is 1. The van der Waals surface area contributed by atoms with E-state index in [0.717, 1.165) is 25.6 Å². The zero-order chi connectivity index (χ0) is 12.7. The van der Waals surface area contributed by atoms with Crippen LogP contribution in [0.4, 0.5) is 0 Å². The van der Waals surface area contributed by atoms with Gasteiger partial charge in [-0.15, -0.1) is 0 Å². The Morgan fingerprint density at radius 2 is 2.18 bits per heavy atom. The average molecular weight is 242 g/mol. The van der Waals surface area contributed by atoms with Gasteiger partial charge >= 0.3 is 0 Å². The van der Waals surface area contributed by atoms with E-state index in [1.807, 2.05) is 0 Å². The first-order valence-electron chi connectivity index (χ1n) is 7.24. The van der Waals surface area contributed by atoms with Gasteiger partial charge < -0.3 is 15.0 Å². The Morgan fingerprint density at radius 1 is 1.41 bits per heavy atom. The second-order valence-electron chi connectivity index (χ2n) is 5.35. The lowest BCUT2D eigenvalue weighted by Crippen LogP contribution is -2.50. The fourth-order valence-corrected chi connectivity index (χ4v) is 2.73. The number of piperidine rings is 1. The van der Waals surface area contributed by atoms with E-state index in [9.17, 15) is 0 Å². The van der Waals surface area contributed by atoms with Gasteiger partial charge in [0.05, 0.1) is 6.10 Å². The zero-order valence-electron chi connectivity index (χ0n) is 12.0. The molecule has 0 saturated carbocycles. The van der Waals surface area contributed by atoms with E-state index >= 15 is 0 Å². The third-order valence-corrected chi connectivity index (χ3v) is 3.61. The van der Waals surface area contributed by atoms with Crippen LogP contribution >= 0.6 is 0 Å². The molecule has 1 heterocycles. The standard InChI is InChI=1S/C14H30N2O/c1-5-8-15-14-7-9-16(10-12(14)3)11-13(4)17-6-2/h12-15H,5-11H2,1-4H3. The highest BCUT2D eigenvalue weighted by molar-refractivity contribution is 4.83. The summed E-state index contributed by atoms with van der Waals surface area (Å²) < 4.78 is 5.61. The molecule has 3 atom stereocenters. The van der Waals surface area contributed by atoms with Crippen LogP contribution in [0.15, 0.2) is 0 Å². The van der Waals surface area contributed by atoms with E-state index in [-0.39, 0.29) is 0 Å². The number of rotatable bonds is 7. The number of likely N-dealkylation sites (tertiary alicyclic amines) is 1. The van der Waals surface area contributed by atoms with Gasteiger partial charge in [0.15, 0.2) is 0 Å². The predicted molar refractivity (Wildman–Crippen MR) is 73.4 cm³/mol. The second-order valence-corrected chi connectivity index (χ2v) is 5.35. The van der Waals surface area contributed by atoms with Gasteiger partial charge in [-0.1, -0.05) is 13.8 Å². The van der Waals surface area contributed by atoms with Crippen molar-refractivity contribution in [3.8, 4) is 0 Å². The highest BCUT2D eigenvalue weighted by Gasteiger charge is 2.25. The molecule has 0 spiro atoms. The van der Waals surface area contributed by atoms with Crippen molar-refractivity contribution in [3.63, 3.8) is 0 Å². The van der Waals surface area contributed by atoms with Crippen LogP contribution < -0.4 is 5.32 Å². The molecular weight excluding hydrogens is 212 g/mol. The first-order chi connectivity index (χ1) is 8.17. The Bertz CT molecular complexity index is 199. The minimum absolute atomic E-state index is 0.368. The van der Waals surface area contributed by atoms with Crippen LogP contribution in [-0.2, 0) is 4.74 Å². The van der Waals surface area contributed by atoms with E-state index in [2.05, 4.69) is 37.9 Å². The third kappa shape index (κ3) is 5.36. The number of hydrogen-bond donors (Lipinski definition) is 1. The van der Waals surface area contributed by atoms with Gasteiger partial charge in [0.2, 0.25) is 0 Å². The summed E-state index contributed by atoms with van der Waals surface area (Å²) in [4.78, 5) is 2.55. The number of nitrogens with zero attached hydrogens (tertiary/aromatic N) is 1. The van der Waals surface area contributed by atoms with Crippen LogP contribution in [0.2, 0.25) is 0 Å². The molecule has 0 aromatic carbocycles. The van der Waals surface area contributed by atoms with Crippen molar-refractivity contribution in [2.24, 2.45) is 5.92 Å². The van der Waals surface area contributed by atoms with Crippen LogP contribution in [0, 0.1) is 5.92 Å². The van der Waals surface area contributed by atoms with E-state index < -0.39 is 0 Å². The van der Waals surface area contributed by atoms with E-state index in [0.29, 0.717) is 12.1 Å². The molecule has 0 aromatic heterocycles. The summed E-state index contributed by atoms with van der Waals surface area (Å²) in [7, 11) is 0. The van der Waals surface area contributed by atoms with Gasteiger partial charge in [-0.25, -0.2) is 0 Å². The third-order valence-electron chi connectivity index (χ3n) is 3.61. The summed E-state index contributed by atoms with van der Waals surface area (Å²) >= 11 is 0. The molecule has 0 bridgehead atoms. The summed E-state index contributed by atoms with van der Waals surface area (Å²) in [6.45, 7) is 14.3. The molecular formula is C14H30N2O. The van der Waals surface area contributed by atoms with Crippen molar-refractivity contribution in [2.45, 2.75) is 52.7 Å². The first kappa shape index (κ1) is 14.9. The maximum atomic E-state index is 5.61. The monoisotopic (exact) mass is 242 g/mol. The molecule has 1 fully saturated rings. The molecule has 1 aliphatic heterocycles. The predicted octanol–water partition coefficient (Wildman–Crippen LogP) is 2.12. The molecule has 102 valence electrons. The number of nitrogens with one attached hydrogen (secondary N) is 1. The Hall–Kier alpha value is -0.120. The van der Waals surface area contributed by atoms with E-state index in [4.69, 9.17) is 4.74 Å². The minimum atomic E-state index is 0.368. The molecule has 1 saturated heterocycles. The zero-order valence-corrected chi connectivity index (χ0v) is 12.0. The molecule has 17 heavy (non-hydrogen) atoms. The van der Waals surface area contributed by atoms with Crippen molar-refractivity contribution in [1.82, 2.24) is 10.2 Å². The largest absolute Gasteiger partial charge is 0.377 e. The van der Waals surface area contributed by atoms with Gasteiger partial charge in [0.1, 0.15) is 0 Å². The topological polar surface area (TPSA) is 24.5 Å². The summed E-state index contributed by atoms with van der Waals surface area (Å²) in [5, 5.41) is 3.66. The lowest BCUT2D eigenvalue weighted by Gasteiger charge is -2.38. The highest BCUT2D eigenvalue weighted by Crippen LogP contribution is 2.17. The molecule has 1 aliphatic rings. The van der Waals surface area contributed by atoms with Crippen molar-refractivity contribution >= 4 is 0 Å². The fraction of sp³-hybridized carbons (Fsp3) is 1.00. The Morgan fingerprint density at radius 3 is 2.76 bits per heavy atom. The van der Waals surface area contributed by atoms with Crippen molar-refractivity contribution in [1.29, 1.82) is 0 Å². The van der Waals surface area contributed by atoms with Gasteiger partial charge in [-0.2, -0.15) is 0 Å².